The van der Waals surface area contributed by atoms with Gasteiger partial charge in [-0.25, -0.2) is 15.0 Å². The molecule has 7 heteroatoms. The SMILES string of the molecule is CCC[C@H](C)Cn1cnc2c(N)ncnc21.CO.COc1ccccc1. The zero-order chi connectivity index (χ0) is 19.4. The van der Waals surface area contributed by atoms with Crippen molar-refractivity contribution in [1.82, 2.24) is 19.5 Å². The van der Waals surface area contributed by atoms with Crippen LogP contribution >= 0.6 is 0 Å². The highest BCUT2D eigenvalue weighted by Crippen LogP contribution is 2.17. The number of aromatic nitrogens is 4. The van der Waals surface area contributed by atoms with Crippen molar-refractivity contribution in [3.8, 4) is 5.75 Å². The number of methoxy groups -OCH3 is 1. The number of fused-ring (bicyclic) bond motifs is 1. The van der Waals surface area contributed by atoms with Gasteiger partial charge in [0.2, 0.25) is 0 Å². The van der Waals surface area contributed by atoms with Gasteiger partial charge in [-0.3, -0.25) is 0 Å². The molecule has 142 valence electrons. The summed E-state index contributed by atoms with van der Waals surface area (Å²) in [5.74, 6) is 1.98. The monoisotopic (exact) mass is 359 g/mol. The summed E-state index contributed by atoms with van der Waals surface area (Å²) in [6.45, 7) is 5.36. The fourth-order valence-corrected chi connectivity index (χ4v) is 2.51. The van der Waals surface area contributed by atoms with E-state index in [4.69, 9.17) is 15.6 Å². The van der Waals surface area contributed by atoms with Crippen LogP contribution in [0.5, 0.6) is 5.75 Å². The Balaban J connectivity index is 0.000000284. The molecule has 3 rings (SSSR count). The lowest BCUT2D eigenvalue weighted by atomic mass is 10.1. The molecule has 0 saturated heterocycles. The van der Waals surface area contributed by atoms with Crippen molar-refractivity contribution in [2.24, 2.45) is 5.92 Å². The quantitative estimate of drug-likeness (QED) is 0.726. The van der Waals surface area contributed by atoms with E-state index in [9.17, 15) is 0 Å². The highest BCUT2D eigenvalue weighted by Gasteiger charge is 2.09. The molecule has 0 unspecified atom stereocenters. The molecule has 1 atom stereocenters. The molecule has 2 heterocycles. The van der Waals surface area contributed by atoms with Gasteiger partial charge in [0.25, 0.3) is 0 Å². The molecule has 3 aromatic rings. The molecule has 7 nitrogen and oxygen atoms in total. The standard InChI is InChI=1S/C11H17N5.C7H8O.CH4O/c1-3-4-8(2)5-16-7-15-9-10(12)13-6-14-11(9)16;1-8-7-5-3-2-4-6-7;1-2/h6-8H,3-5H2,1-2H3,(H2,12,13,14);2-6H,1H3;2H,1H3/t8-;;/m0../s1. The average Bonchev–Trinajstić information content (AvgIpc) is 3.09. The van der Waals surface area contributed by atoms with Gasteiger partial charge in [-0.15, -0.1) is 0 Å². The molecule has 0 bridgehead atoms. The molecular weight excluding hydrogens is 330 g/mol. The summed E-state index contributed by atoms with van der Waals surface area (Å²) < 4.78 is 6.96. The molecule has 26 heavy (non-hydrogen) atoms. The second kappa shape index (κ2) is 11.8. The Morgan fingerprint density at radius 2 is 1.85 bits per heavy atom. The van der Waals surface area contributed by atoms with Crippen molar-refractivity contribution in [2.45, 2.75) is 33.2 Å². The maximum atomic E-state index is 7.00. The van der Waals surface area contributed by atoms with Gasteiger partial charge in [0, 0.05) is 13.7 Å². The van der Waals surface area contributed by atoms with Crippen LogP contribution in [0.15, 0.2) is 43.0 Å². The molecule has 0 spiro atoms. The third-order valence-electron chi connectivity index (χ3n) is 3.70. The van der Waals surface area contributed by atoms with Crippen LogP contribution < -0.4 is 10.5 Å². The summed E-state index contributed by atoms with van der Waals surface area (Å²) in [6.07, 6.45) is 5.69. The number of nitrogens with two attached hydrogens (primary N) is 1. The second-order valence-corrected chi connectivity index (χ2v) is 5.74. The zero-order valence-corrected chi connectivity index (χ0v) is 16.0. The molecule has 0 amide bonds. The predicted octanol–water partition coefficient (Wildman–Crippen LogP) is 3.15. The third kappa shape index (κ3) is 6.33. The number of aliphatic hydroxyl groups excluding tert-OH is 1. The molecule has 0 fully saturated rings. The van der Waals surface area contributed by atoms with Crippen LogP contribution in [0, 0.1) is 5.92 Å². The largest absolute Gasteiger partial charge is 0.497 e. The van der Waals surface area contributed by atoms with Gasteiger partial charge >= 0.3 is 0 Å². The van der Waals surface area contributed by atoms with E-state index >= 15 is 0 Å². The van der Waals surface area contributed by atoms with Crippen LogP contribution in [0.4, 0.5) is 5.82 Å². The lowest BCUT2D eigenvalue weighted by molar-refractivity contribution is 0.399. The first-order chi connectivity index (χ1) is 12.7. The van der Waals surface area contributed by atoms with Gasteiger partial charge in [0.15, 0.2) is 11.5 Å². The van der Waals surface area contributed by atoms with Gasteiger partial charge in [-0.2, -0.15) is 0 Å². The molecular formula is C19H29N5O2. The van der Waals surface area contributed by atoms with E-state index in [1.165, 1.54) is 19.2 Å². The predicted molar refractivity (Wildman–Crippen MR) is 105 cm³/mol. The number of nitrogen functional groups attached to an aromatic ring is 1. The van der Waals surface area contributed by atoms with E-state index in [1.54, 1.807) is 13.4 Å². The number of imidazole rings is 1. The number of ether oxygens (including phenoxy) is 1. The Bertz CT molecular complexity index is 746. The minimum absolute atomic E-state index is 0.451. The van der Waals surface area contributed by atoms with Crippen molar-refractivity contribution in [3.63, 3.8) is 0 Å². The highest BCUT2D eigenvalue weighted by molar-refractivity contribution is 5.81. The first kappa shape index (κ1) is 21.4. The smallest absolute Gasteiger partial charge is 0.165 e. The Kier molecular flexibility index (Phi) is 9.71. The Morgan fingerprint density at radius 3 is 2.42 bits per heavy atom. The molecule has 2 aromatic heterocycles. The van der Waals surface area contributed by atoms with E-state index < -0.39 is 0 Å². The Morgan fingerprint density at radius 1 is 1.15 bits per heavy atom. The highest BCUT2D eigenvalue weighted by atomic mass is 16.5. The van der Waals surface area contributed by atoms with E-state index in [1.807, 2.05) is 34.9 Å². The summed E-state index contributed by atoms with van der Waals surface area (Å²) in [5, 5.41) is 7.00. The first-order valence-electron chi connectivity index (χ1n) is 8.60. The number of hydrogen-bond donors (Lipinski definition) is 2. The van der Waals surface area contributed by atoms with Gasteiger partial charge in [0.05, 0.1) is 13.4 Å². The van der Waals surface area contributed by atoms with E-state index in [-0.39, 0.29) is 0 Å². The van der Waals surface area contributed by atoms with Crippen LogP contribution in [-0.4, -0.2) is 38.8 Å². The van der Waals surface area contributed by atoms with Crippen molar-refractivity contribution >= 4 is 17.0 Å². The topological polar surface area (TPSA) is 99.1 Å². The average molecular weight is 359 g/mol. The van der Waals surface area contributed by atoms with Crippen LogP contribution in [-0.2, 0) is 6.54 Å². The maximum absolute atomic E-state index is 7.00. The summed E-state index contributed by atoms with van der Waals surface area (Å²) in [4.78, 5) is 12.4. The third-order valence-corrected chi connectivity index (χ3v) is 3.70. The molecule has 0 aliphatic rings. The van der Waals surface area contributed by atoms with E-state index in [0.717, 1.165) is 25.1 Å². The minimum atomic E-state index is 0.451. The van der Waals surface area contributed by atoms with Crippen molar-refractivity contribution in [2.75, 3.05) is 20.0 Å². The number of para-hydroxylation sites is 1. The van der Waals surface area contributed by atoms with Crippen molar-refractivity contribution in [1.29, 1.82) is 0 Å². The number of rotatable bonds is 5. The molecule has 0 saturated carbocycles. The second-order valence-electron chi connectivity index (χ2n) is 5.74. The van der Waals surface area contributed by atoms with Crippen LogP contribution in [0.25, 0.3) is 11.2 Å². The normalized spacial score (nSPS) is 11.0. The fraction of sp³-hybridized carbons (Fsp3) is 0.421. The van der Waals surface area contributed by atoms with Crippen molar-refractivity contribution < 1.29 is 9.84 Å². The fourth-order valence-electron chi connectivity index (χ4n) is 2.51. The zero-order valence-electron chi connectivity index (χ0n) is 16.0. The summed E-state index contributed by atoms with van der Waals surface area (Å²) in [5.41, 5.74) is 7.26. The van der Waals surface area contributed by atoms with E-state index in [2.05, 4.69) is 28.8 Å². The van der Waals surface area contributed by atoms with Gasteiger partial charge < -0.3 is 20.1 Å². The summed E-state index contributed by atoms with van der Waals surface area (Å²) >= 11 is 0. The number of aliphatic hydroxyl groups is 1. The summed E-state index contributed by atoms with van der Waals surface area (Å²) in [6, 6.07) is 9.68. The van der Waals surface area contributed by atoms with Crippen molar-refractivity contribution in [3.05, 3.63) is 43.0 Å². The van der Waals surface area contributed by atoms with Crippen LogP contribution in [0.3, 0.4) is 0 Å². The number of nitrogens with zero attached hydrogens (tertiary/aromatic N) is 4. The molecule has 0 aliphatic heterocycles. The maximum Gasteiger partial charge on any atom is 0.165 e. The van der Waals surface area contributed by atoms with Gasteiger partial charge in [0.1, 0.15) is 17.6 Å². The number of benzene rings is 1. The van der Waals surface area contributed by atoms with Crippen LogP contribution in [0.2, 0.25) is 0 Å². The van der Waals surface area contributed by atoms with E-state index in [0.29, 0.717) is 17.3 Å². The molecule has 0 radical (unpaired) electrons. The number of hydrogen-bond acceptors (Lipinski definition) is 6. The van der Waals surface area contributed by atoms with Gasteiger partial charge in [-0.05, 0) is 24.5 Å². The Labute approximate surface area is 154 Å². The lowest BCUT2D eigenvalue weighted by Crippen LogP contribution is -2.07. The molecule has 3 N–H and O–H groups in total. The Hall–Kier alpha value is -2.67. The van der Waals surface area contributed by atoms with Gasteiger partial charge in [-0.1, -0.05) is 38.5 Å². The minimum Gasteiger partial charge on any atom is -0.497 e. The summed E-state index contributed by atoms with van der Waals surface area (Å²) in [7, 11) is 2.66. The number of anilines is 1. The molecule has 0 aliphatic carbocycles. The first-order valence-corrected chi connectivity index (χ1v) is 8.60. The lowest BCUT2D eigenvalue weighted by Gasteiger charge is -2.10. The van der Waals surface area contributed by atoms with Crippen LogP contribution in [0.1, 0.15) is 26.7 Å². The molecule has 1 aromatic carbocycles.